The lowest BCUT2D eigenvalue weighted by Gasteiger charge is -2.40. The predicted octanol–water partition coefficient (Wildman–Crippen LogP) is 3.43. The van der Waals surface area contributed by atoms with E-state index in [1.54, 1.807) is 30.6 Å². The summed E-state index contributed by atoms with van der Waals surface area (Å²) in [6.45, 7) is 3.70. The van der Waals surface area contributed by atoms with Gasteiger partial charge in [-0.3, -0.25) is 19.4 Å². The molecule has 11 nitrogen and oxygen atoms in total. The highest BCUT2D eigenvalue weighted by molar-refractivity contribution is 7.99. The number of hydrogen-bond acceptors (Lipinski definition) is 9. The van der Waals surface area contributed by atoms with Crippen molar-refractivity contribution < 1.29 is 33.7 Å². The van der Waals surface area contributed by atoms with Gasteiger partial charge in [0.15, 0.2) is 5.65 Å². The molecule has 43 heavy (non-hydrogen) atoms. The Bertz CT molecular complexity index is 1420. The van der Waals surface area contributed by atoms with Crippen molar-refractivity contribution in [2.24, 2.45) is 0 Å². The van der Waals surface area contributed by atoms with Gasteiger partial charge in [-0.1, -0.05) is 24.3 Å². The lowest BCUT2D eigenvalue weighted by atomic mass is 9.96. The second kappa shape index (κ2) is 15.5. The van der Waals surface area contributed by atoms with Crippen molar-refractivity contribution >= 4 is 34.9 Å². The molecule has 1 aliphatic heterocycles. The minimum atomic E-state index is -1.08. The minimum absolute atomic E-state index is 0.0894. The standard InChI is InChI=1S/C25H26F2N6OS.C4H6O4/c26-19-5-1-17(2-6-19)23(18-3-7-20(27)8-4-18)33-11-9-32(10-12-33)13-21(34)14-35-25-22-24(29-15-28-22)30-16-31-25;5-3(6)1-2-4(7)8/h1-8,15-16,21,23,34H,9-14H2,(H,28,29,30,31);1-2H2,(H,5,6)(H,7,8)/t21-;/m1./s1. The fourth-order valence-electron chi connectivity index (χ4n) is 4.70. The Morgan fingerprint density at radius 1 is 0.860 bits per heavy atom. The number of carbonyl (C=O) groups is 2. The van der Waals surface area contributed by atoms with Crippen LogP contribution in [0, 0.1) is 11.6 Å². The number of rotatable bonds is 11. The normalized spacial score (nSPS) is 14.8. The first-order chi connectivity index (χ1) is 20.7. The largest absolute Gasteiger partial charge is 0.481 e. The van der Waals surface area contributed by atoms with E-state index in [9.17, 15) is 23.5 Å². The van der Waals surface area contributed by atoms with Gasteiger partial charge in [0.05, 0.1) is 31.3 Å². The van der Waals surface area contributed by atoms with Gasteiger partial charge in [-0.05, 0) is 35.4 Å². The van der Waals surface area contributed by atoms with Crippen LogP contribution in [0.2, 0.25) is 0 Å². The van der Waals surface area contributed by atoms with Gasteiger partial charge in [-0.15, -0.1) is 11.8 Å². The molecular weight excluding hydrogens is 582 g/mol. The SMILES string of the molecule is O=C(O)CCC(=O)O.O[C@@H](CSc1ncnc2nc[nH]c12)CN1CCN(C(c2ccc(F)cc2)c2ccc(F)cc2)CC1. The molecule has 1 fully saturated rings. The van der Waals surface area contributed by atoms with Crippen LogP contribution in [0.3, 0.4) is 0 Å². The number of fused-ring (bicyclic) bond motifs is 1. The average molecular weight is 615 g/mol. The van der Waals surface area contributed by atoms with E-state index in [2.05, 4.69) is 29.7 Å². The van der Waals surface area contributed by atoms with E-state index in [1.165, 1.54) is 42.4 Å². The number of aromatic nitrogens is 4. The number of aliphatic hydroxyl groups is 1. The zero-order valence-electron chi connectivity index (χ0n) is 23.1. The third-order valence-electron chi connectivity index (χ3n) is 6.77. The number of β-amino-alcohol motifs (C(OH)–C–C–N with tert-alkyl or cyclic N) is 1. The van der Waals surface area contributed by atoms with Crippen LogP contribution in [0.4, 0.5) is 8.78 Å². The van der Waals surface area contributed by atoms with E-state index < -0.39 is 18.0 Å². The van der Waals surface area contributed by atoms with E-state index >= 15 is 0 Å². The maximum absolute atomic E-state index is 13.5. The highest BCUT2D eigenvalue weighted by Crippen LogP contribution is 2.30. The number of hydrogen-bond donors (Lipinski definition) is 4. The Morgan fingerprint density at radius 2 is 1.42 bits per heavy atom. The molecule has 0 amide bonds. The summed E-state index contributed by atoms with van der Waals surface area (Å²) in [5, 5.41) is 27.2. The van der Waals surface area contributed by atoms with Gasteiger partial charge >= 0.3 is 11.9 Å². The topological polar surface area (TPSA) is 156 Å². The van der Waals surface area contributed by atoms with Crippen molar-refractivity contribution in [3.05, 3.63) is 83.9 Å². The Kier molecular flexibility index (Phi) is 11.5. The molecule has 4 N–H and O–H groups in total. The van der Waals surface area contributed by atoms with Crippen molar-refractivity contribution in [3.8, 4) is 0 Å². The summed E-state index contributed by atoms with van der Waals surface area (Å²) in [4.78, 5) is 39.5. The van der Waals surface area contributed by atoms with Gasteiger partial charge in [0, 0.05) is 38.5 Å². The number of piperazine rings is 1. The molecule has 1 saturated heterocycles. The average Bonchev–Trinajstić information content (AvgIpc) is 3.48. The van der Waals surface area contributed by atoms with Crippen LogP contribution in [0.5, 0.6) is 0 Å². The number of imidazole rings is 1. The zero-order chi connectivity index (χ0) is 30.8. The van der Waals surface area contributed by atoms with E-state index in [0.717, 1.165) is 47.8 Å². The van der Waals surface area contributed by atoms with Gasteiger partial charge < -0.3 is 20.3 Å². The van der Waals surface area contributed by atoms with Crippen LogP contribution >= 0.6 is 11.8 Å². The maximum Gasteiger partial charge on any atom is 0.303 e. The number of nitrogens with one attached hydrogen (secondary N) is 1. The molecule has 0 saturated carbocycles. The predicted molar refractivity (Wildman–Crippen MR) is 156 cm³/mol. The van der Waals surface area contributed by atoms with Gasteiger partial charge in [0.25, 0.3) is 0 Å². The van der Waals surface area contributed by atoms with Crippen LogP contribution in [0.15, 0.2) is 66.2 Å². The van der Waals surface area contributed by atoms with Crippen molar-refractivity contribution in [1.29, 1.82) is 0 Å². The number of aromatic amines is 1. The fourth-order valence-corrected chi connectivity index (χ4v) is 5.57. The molecule has 1 aliphatic rings. The van der Waals surface area contributed by atoms with E-state index in [1.807, 2.05) is 0 Å². The Morgan fingerprint density at radius 3 is 1.95 bits per heavy atom. The van der Waals surface area contributed by atoms with Crippen molar-refractivity contribution in [2.75, 3.05) is 38.5 Å². The molecule has 4 aromatic rings. The minimum Gasteiger partial charge on any atom is -0.481 e. The molecule has 0 bridgehead atoms. The third-order valence-corrected chi connectivity index (χ3v) is 7.90. The summed E-state index contributed by atoms with van der Waals surface area (Å²) in [6.07, 6.45) is 1.97. The molecule has 1 atom stereocenters. The maximum atomic E-state index is 13.5. The number of aliphatic hydroxyl groups excluding tert-OH is 1. The van der Waals surface area contributed by atoms with Crippen molar-refractivity contribution in [1.82, 2.24) is 29.7 Å². The van der Waals surface area contributed by atoms with Crippen LogP contribution in [-0.4, -0.2) is 102 Å². The Labute approximate surface area is 250 Å². The number of thioether (sulfide) groups is 1. The zero-order valence-corrected chi connectivity index (χ0v) is 24.0. The number of H-pyrrole nitrogens is 1. The van der Waals surface area contributed by atoms with Crippen LogP contribution in [0.1, 0.15) is 30.0 Å². The number of carboxylic acid groups (broad SMARTS) is 2. The molecule has 3 heterocycles. The van der Waals surface area contributed by atoms with Gasteiger partial charge in [0.2, 0.25) is 0 Å². The smallest absolute Gasteiger partial charge is 0.303 e. The first kappa shape index (κ1) is 31.9. The number of nitrogens with zero attached hydrogens (tertiary/aromatic N) is 5. The summed E-state index contributed by atoms with van der Waals surface area (Å²) in [5.74, 6) is -2.20. The van der Waals surface area contributed by atoms with E-state index in [4.69, 9.17) is 10.2 Å². The van der Waals surface area contributed by atoms with Gasteiger partial charge in [-0.25, -0.2) is 23.7 Å². The summed E-state index contributed by atoms with van der Waals surface area (Å²) >= 11 is 1.48. The van der Waals surface area contributed by atoms with E-state index in [0.29, 0.717) is 17.9 Å². The summed E-state index contributed by atoms with van der Waals surface area (Å²) in [6, 6.07) is 12.9. The highest BCUT2D eigenvalue weighted by atomic mass is 32.2. The van der Waals surface area contributed by atoms with Crippen LogP contribution in [0.25, 0.3) is 11.2 Å². The molecule has 0 aliphatic carbocycles. The quantitative estimate of drug-likeness (QED) is 0.145. The summed E-state index contributed by atoms with van der Waals surface area (Å²) in [5.41, 5.74) is 3.34. The molecule has 5 rings (SSSR count). The number of benzene rings is 2. The second-order valence-corrected chi connectivity index (χ2v) is 10.9. The molecule has 0 radical (unpaired) electrons. The lowest BCUT2D eigenvalue weighted by molar-refractivity contribution is -0.143. The van der Waals surface area contributed by atoms with Gasteiger partial charge in [-0.2, -0.15) is 0 Å². The van der Waals surface area contributed by atoms with Gasteiger partial charge in [0.1, 0.15) is 28.5 Å². The summed E-state index contributed by atoms with van der Waals surface area (Å²) < 4.78 is 27.1. The fraction of sp³-hybridized carbons (Fsp3) is 0.345. The first-order valence-corrected chi connectivity index (χ1v) is 14.5. The molecule has 2 aromatic carbocycles. The van der Waals surface area contributed by atoms with Crippen molar-refractivity contribution in [2.45, 2.75) is 30.0 Å². The first-order valence-electron chi connectivity index (χ1n) is 13.6. The van der Waals surface area contributed by atoms with Crippen LogP contribution < -0.4 is 0 Å². The number of aliphatic carboxylic acids is 2. The van der Waals surface area contributed by atoms with E-state index in [-0.39, 0.29) is 30.5 Å². The lowest BCUT2D eigenvalue weighted by Crippen LogP contribution is -2.50. The Hall–Kier alpha value is -3.98. The second-order valence-electron chi connectivity index (χ2n) is 9.87. The number of carboxylic acids is 2. The van der Waals surface area contributed by atoms with Crippen LogP contribution in [-0.2, 0) is 9.59 Å². The molecule has 0 spiro atoms. The molecule has 2 aromatic heterocycles. The Balaban J connectivity index is 0.000000467. The third kappa shape index (κ3) is 9.51. The summed E-state index contributed by atoms with van der Waals surface area (Å²) in [7, 11) is 0. The molecule has 228 valence electrons. The van der Waals surface area contributed by atoms with Crippen molar-refractivity contribution in [3.63, 3.8) is 0 Å². The highest BCUT2D eigenvalue weighted by Gasteiger charge is 2.27. The molecular formula is C29H32F2N6O5S. The number of halogens is 2. The molecule has 0 unspecified atom stereocenters. The monoisotopic (exact) mass is 614 g/mol. The molecule has 14 heteroatoms.